The number of benzene rings is 2. The molecular formula is C21H19FN2O3. The second-order valence-electron chi connectivity index (χ2n) is 6.06. The van der Waals surface area contributed by atoms with Crippen molar-refractivity contribution < 1.29 is 13.9 Å². The third-order valence-electron chi connectivity index (χ3n) is 4.20. The van der Waals surface area contributed by atoms with Crippen molar-refractivity contribution >= 4 is 22.8 Å². The molecule has 0 aliphatic carbocycles. The van der Waals surface area contributed by atoms with Crippen molar-refractivity contribution in [1.29, 1.82) is 0 Å². The fraction of sp³-hybridized carbons (Fsp3) is 0.190. The molecule has 0 bridgehead atoms. The molecule has 0 radical (unpaired) electrons. The van der Waals surface area contributed by atoms with E-state index < -0.39 is 5.82 Å². The van der Waals surface area contributed by atoms with Gasteiger partial charge in [-0.1, -0.05) is 6.92 Å². The Hall–Kier alpha value is -3.28. The van der Waals surface area contributed by atoms with E-state index in [1.54, 1.807) is 31.4 Å². The first kappa shape index (κ1) is 18.5. The van der Waals surface area contributed by atoms with Crippen LogP contribution >= 0.6 is 0 Å². The highest BCUT2D eigenvalue weighted by atomic mass is 19.1. The first-order valence-corrected chi connectivity index (χ1v) is 8.53. The summed E-state index contributed by atoms with van der Waals surface area (Å²) in [5.41, 5.74) is 0.818. The van der Waals surface area contributed by atoms with Crippen molar-refractivity contribution in [1.82, 2.24) is 9.55 Å². The lowest BCUT2D eigenvalue weighted by Crippen LogP contribution is -2.23. The number of fused-ring (bicyclic) bond motifs is 1. The zero-order chi connectivity index (χ0) is 19.6. The fourth-order valence-electron chi connectivity index (χ4n) is 2.84. The Morgan fingerprint density at radius 3 is 2.56 bits per heavy atom. The molecule has 0 fully saturated rings. The van der Waals surface area contributed by atoms with Gasteiger partial charge in [-0.05, 0) is 49.4 Å². The van der Waals surface area contributed by atoms with Crippen LogP contribution in [0.4, 0.5) is 4.39 Å². The van der Waals surface area contributed by atoms with Crippen molar-refractivity contribution in [2.45, 2.75) is 20.3 Å². The van der Waals surface area contributed by atoms with Crippen LogP contribution in [-0.2, 0) is 11.2 Å². The summed E-state index contributed by atoms with van der Waals surface area (Å²) in [6, 6.07) is 9.72. The number of carbonyl (C=O) groups excluding carboxylic acids is 1. The molecule has 3 rings (SSSR count). The van der Waals surface area contributed by atoms with E-state index in [4.69, 9.17) is 4.74 Å². The predicted molar refractivity (Wildman–Crippen MR) is 103 cm³/mol. The summed E-state index contributed by atoms with van der Waals surface area (Å²) < 4.78 is 21.0. The Kier molecular flexibility index (Phi) is 5.16. The molecule has 0 atom stereocenters. The van der Waals surface area contributed by atoms with E-state index in [9.17, 15) is 14.0 Å². The maximum Gasteiger partial charge on any atom is 0.265 e. The lowest BCUT2D eigenvalue weighted by Gasteiger charge is -2.13. The molecule has 1 heterocycles. The minimum absolute atomic E-state index is 0.169. The number of carbonyl (C=O) groups is 1. The van der Waals surface area contributed by atoms with Crippen molar-refractivity contribution in [2.24, 2.45) is 0 Å². The number of halogens is 1. The van der Waals surface area contributed by atoms with Gasteiger partial charge in [0.05, 0.1) is 23.7 Å². The van der Waals surface area contributed by atoms with Gasteiger partial charge in [0, 0.05) is 18.1 Å². The Labute approximate surface area is 155 Å². The van der Waals surface area contributed by atoms with Gasteiger partial charge < -0.3 is 4.74 Å². The van der Waals surface area contributed by atoms with Crippen molar-refractivity contribution in [3.63, 3.8) is 0 Å². The van der Waals surface area contributed by atoms with Gasteiger partial charge in [0.1, 0.15) is 17.4 Å². The first-order valence-electron chi connectivity index (χ1n) is 8.53. The van der Waals surface area contributed by atoms with Gasteiger partial charge in [0.25, 0.3) is 5.56 Å². The number of aryl methyl sites for hydroxylation is 1. The second kappa shape index (κ2) is 7.53. The zero-order valence-electron chi connectivity index (χ0n) is 15.3. The van der Waals surface area contributed by atoms with Crippen molar-refractivity contribution in [2.75, 3.05) is 7.11 Å². The Balaban J connectivity index is 2.26. The van der Waals surface area contributed by atoms with E-state index in [-0.39, 0.29) is 22.3 Å². The van der Waals surface area contributed by atoms with E-state index in [0.717, 1.165) is 0 Å². The molecule has 0 N–H and O–H groups in total. The highest BCUT2D eigenvalue weighted by molar-refractivity contribution is 5.92. The number of ether oxygens (including phenoxy) is 1. The van der Waals surface area contributed by atoms with Gasteiger partial charge in [0.2, 0.25) is 0 Å². The summed E-state index contributed by atoms with van der Waals surface area (Å²) in [6.07, 6.45) is 3.13. The lowest BCUT2D eigenvalue weighted by molar-refractivity contribution is -0.112. The Bertz CT molecular complexity index is 1100. The molecule has 0 aliphatic rings. The summed E-state index contributed by atoms with van der Waals surface area (Å²) in [7, 11) is 1.57. The smallest absolute Gasteiger partial charge is 0.265 e. The van der Waals surface area contributed by atoms with E-state index in [1.165, 1.54) is 35.8 Å². The van der Waals surface area contributed by atoms with Crippen LogP contribution in [-0.4, -0.2) is 22.4 Å². The third kappa shape index (κ3) is 3.65. The average molecular weight is 366 g/mol. The molecule has 0 saturated carbocycles. The van der Waals surface area contributed by atoms with E-state index in [1.807, 2.05) is 6.92 Å². The van der Waals surface area contributed by atoms with Crippen molar-refractivity contribution in [3.05, 3.63) is 70.0 Å². The molecule has 0 amide bonds. The van der Waals surface area contributed by atoms with Gasteiger partial charge in [-0.15, -0.1) is 0 Å². The number of aromatic nitrogens is 2. The number of methoxy groups -OCH3 is 1. The summed E-state index contributed by atoms with van der Waals surface area (Å²) >= 11 is 0. The molecule has 0 aliphatic heterocycles. The molecule has 138 valence electrons. The summed E-state index contributed by atoms with van der Waals surface area (Å²) in [4.78, 5) is 28.8. The molecule has 0 unspecified atom stereocenters. The quantitative estimate of drug-likeness (QED) is 0.646. The molecule has 1 aromatic heterocycles. The van der Waals surface area contributed by atoms with Gasteiger partial charge in [0.15, 0.2) is 5.78 Å². The maximum absolute atomic E-state index is 14.3. The van der Waals surface area contributed by atoms with Crippen LogP contribution in [0.1, 0.15) is 25.2 Å². The van der Waals surface area contributed by atoms with Gasteiger partial charge in [-0.25, -0.2) is 9.37 Å². The van der Waals surface area contributed by atoms with Crippen LogP contribution in [0, 0.1) is 5.82 Å². The van der Waals surface area contributed by atoms with Crippen LogP contribution in [0.15, 0.2) is 47.3 Å². The topological polar surface area (TPSA) is 61.2 Å². The number of allylic oxidation sites excluding steroid dienone is 1. The van der Waals surface area contributed by atoms with Crippen LogP contribution in [0.3, 0.4) is 0 Å². The van der Waals surface area contributed by atoms with E-state index in [2.05, 4.69) is 4.98 Å². The minimum Gasteiger partial charge on any atom is -0.497 e. The molecule has 2 aromatic carbocycles. The van der Waals surface area contributed by atoms with Gasteiger partial charge >= 0.3 is 0 Å². The molecule has 0 saturated heterocycles. The third-order valence-corrected chi connectivity index (χ3v) is 4.20. The van der Waals surface area contributed by atoms with E-state index >= 15 is 0 Å². The molecule has 3 aromatic rings. The number of nitrogens with zero attached hydrogens (tertiary/aromatic N) is 2. The molecular weight excluding hydrogens is 347 g/mol. The molecule has 5 nitrogen and oxygen atoms in total. The standard InChI is InChI=1S/C21H19FN2O3/c1-4-20-23-19-12-18(22)14(6-5-13(2)25)11-17(19)21(26)24(20)15-7-9-16(27-3)10-8-15/h5-12H,4H2,1-3H3/b6-5+. The van der Waals surface area contributed by atoms with Crippen LogP contribution in [0.5, 0.6) is 5.75 Å². The van der Waals surface area contributed by atoms with Crippen LogP contribution < -0.4 is 10.3 Å². The number of hydrogen-bond donors (Lipinski definition) is 0. The van der Waals surface area contributed by atoms with Crippen molar-refractivity contribution in [3.8, 4) is 11.4 Å². The Morgan fingerprint density at radius 2 is 1.96 bits per heavy atom. The summed E-state index contributed by atoms with van der Waals surface area (Å²) in [5, 5.41) is 0.285. The summed E-state index contributed by atoms with van der Waals surface area (Å²) in [6.45, 7) is 3.26. The SMILES string of the molecule is CCc1nc2cc(F)c(/C=C/C(C)=O)cc2c(=O)n1-c1ccc(OC)cc1. The summed E-state index contributed by atoms with van der Waals surface area (Å²) in [5.74, 6) is 0.474. The monoisotopic (exact) mass is 366 g/mol. The number of ketones is 1. The maximum atomic E-state index is 14.3. The molecule has 27 heavy (non-hydrogen) atoms. The number of hydrogen-bond acceptors (Lipinski definition) is 4. The number of rotatable bonds is 5. The zero-order valence-corrected chi connectivity index (χ0v) is 15.3. The fourth-order valence-corrected chi connectivity index (χ4v) is 2.84. The first-order chi connectivity index (χ1) is 12.9. The highest BCUT2D eigenvalue weighted by Crippen LogP contribution is 2.20. The average Bonchev–Trinajstić information content (AvgIpc) is 2.66. The highest BCUT2D eigenvalue weighted by Gasteiger charge is 2.14. The predicted octanol–water partition coefficient (Wildman–Crippen LogP) is 3.70. The molecule has 0 spiro atoms. The lowest BCUT2D eigenvalue weighted by atomic mass is 10.1. The largest absolute Gasteiger partial charge is 0.497 e. The van der Waals surface area contributed by atoms with Gasteiger partial charge in [-0.3, -0.25) is 14.2 Å². The van der Waals surface area contributed by atoms with E-state index in [0.29, 0.717) is 29.2 Å². The second-order valence-corrected chi connectivity index (χ2v) is 6.06. The van der Waals surface area contributed by atoms with Gasteiger partial charge in [-0.2, -0.15) is 0 Å². The van der Waals surface area contributed by atoms with Crippen LogP contribution in [0.25, 0.3) is 22.7 Å². The van der Waals surface area contributed by atoms with Crippen LogP contribution in [0.2, 0.25) is 0 Å². The molecule has 6 heteroatoms. The minimum atomic E-state index is -0.531. The Morgan fingerprint density at radius 1 is 1.26 bits per heavy atom. The normalized spacial score (nSPS) is 11.3.